The number of hydrogen-bond acceptors (Lipinski definition) is 4. The third-order valence-electron chi connectivity index (χ3n) is 7.05. The van der Waals surface area contributed by atoms with Crippen LogP contribution in [0.4, 0.5) is 0 Å². The van der Waals surface area contributed by atoms with Crippen LogP contribution >= 0.6 is 0 Å². The van der Waals surface area contributed by atoms with E-state index in [2.05, 4.69) is 50.2 Å². The number of fused-ring (bicyclic) bond motifs is 1. The first-order chi connectivity index (χ1) is 15.2. The highest BCUT2D eigenvalue weighted by molar-refractivity contribution is 5.84. The van der Waals surface area contributed by atoms with Crippen LogP contribution in [0.5, 0.6) is 0 Å². The van der Waals surface area contributed by atoms with Crippen molar-refractivity contribution in [2.24, 2.45) is 29.4 Å². The van der Waals surface area contributed by atoms with E-state index in [4.69, 9.17) is 15.2 Å². The van der Waals surface area contributed by atoms with Crippen LogP contribution in [-0.4, -0.2) is 30.7 Å². The molecule has 0 saturated heterocycles. The van der Waals surface area contributed by atoms with Crippen LogP contribution in [0.15, 0.2) is 36.2 Å². The quantitative estimate of drug-likeness (QED) is 0.355. The fourth-order valence-corrected chi connectivity index (χ4v) is 4.93. The zero-order valence-corrected chi connectivity index (χ0v) is 20.5. The number of cyclic esters (lactones) is 1. The molecule has 0 spiro atoms. The monoisotopic (exact) mass is 440 g/mol. The van der Waals surface area contributed by atoms with E-state index in [9.17, 15) is 4.79 Å². The first-order valence-electron chi connectivity index (χ1n) is 12.0. The minimum atomic E-state index is -0.266. The lowest BCUT2D eigenvalue weighted by Crippen LogP contribution is -2.30. The third kappa shape index (κ3) is 5.44. The van der Waals surface area contributed by atoms with Crippen LogP contribution in [0.2, 0.25) is 0 Å². The molecule has 1 aliphatic heterocycles. The average Bonchev–Trinajstić information content (AvgIpc) is 3.34. The molecule has 3 rings (SSSR count). The zero-order chi connectivity index (χ0) is 23.4. The summed E-state index contributed by atoms with van der Waals surface area (Å²) in [4.78, 5) is 15.6. The number of ether oxygens (including phenoxy) is 2. The topological polar surface area (TPSA) is 77.3 Å². The van der Waals surface area contributed by atoms with Gasteiger partial charge in [-0.1, -0.05) is 40.7 Å². The lowest BCUT2D eigenvalue weighted by atomic mass is 9.76. The predicted molar refractivity (Wildman–Crippen MR) is 130 cm³/mol. The summed E-state index contributed by atoms with van der Waals surface area (Å²) >= 11 is 0. The van der Waals surface area contributed by atoms with E-state index in [0.717, 1.165) is 25.9 Å². The standard InChI is InChI=1S/C27H40N2O3/c1-16(2)21(13-24(28)26-14-22(17(3)4)27(30)32-26)18(5)19-9-10-25-23(12-19)20(15-29-25)8-7-11-31-6/h9-10,12,14-18,21-22,24,29H,7-8,11,13,28H2,1-6H3. The van der Waals surface area contributed by atoms with Gasteiger partial charge in [-0.3, -0.25) is 4.79 Å². The Labute approximate surface area is 192 Å². The number of benzene rings is 1. The fourth-order valence-electron chi connectivity index (χ4n) is 4.93. The number of carbonyl (C=O) groups is 1. The van der Waals surface area contributed by atoms with Crippen LogP contribution in [0.3, 0.4) is 0 Å². The maximum absolute atomic E-state index is 12.2. The molecule has 4 atom stereocenters. The maximum Gasteiger partial charge on any atom is 0.318 e. The van der Waals surface area contributed by atoms with E-state index in [1.807, 2.05) is 19.9 Å². The lowest BCUT2D eigenvalue weighted by Gasteiger charge is -2.30. The number of esters is 1. The van der Waals surface area contributed by atoms with Gasteiger partial charge in [-0.15, -0.1) is 0 Å². The highest BCUT2D eigenvalue weighted by Gasteiger charge is 2.34. The lowest BCUT2D eigenvalue weighted by molar-refractivity contribution is -0.141. The van der Waals surface area contributed by atoms with Crippen LogP contribution in [0.25, 0.3) is 10.9 Å². The molecule has 32 heavy (non-hydrogen) atoms. The molecule has 4 unspecified atom stereocenters. The van der Waals surface area contributed by atoms with Gasteiger partial charge in [0.25, 0.3) is 0 Å². The Morgan fingerprint density at radius 3 is 2.56 bits per heavy atom. The number of hydrogen-bond donors (Lipinski definition) is 2. The summed E-state index contributed by atoms with van der Waals surface area (Å²) in [7, 11) is 1.75. The first-order valence-corrected chi connectivity index (χ1v) is 12.0. The van der Waals surface area contributed by atoms with Gasteiger partial charge in [0.1, 0.15) is 5.76 Å². The van der Waals surface area contributed by atoms with Crippen LogP contribution in [-0.2, 0) is 20.7 Å². The molecule has 3 N–H and O–H groups in total. The van der Waals surface area contributed by atoms with E-state index >= 15 is 0 Å². The van der Waals surface area contributed by atoms with Gasteiger partial charge in [-0.05, 0) is 72.3 Å². The molecule has 2 heterocycles. The second kappa shape index (κ2) is 10.7. The Morgan fingerprint density at radius 1 is 1.19 bits per heavy atom. The largest absolute Gasteiger partial charge is 0.429 e. The van der Waals surface area contributed by atoms with Gasteiger partial charge in [0.2, 0.25) is 0 Å². The number of aromatic amines is 1. The molecule has 5 nitrogen and oxygen atoms in total. The summed E-state index contributed by atoms with van der Waals surface area (Å²) in [6, 6.07) is 6.49. The van der Waals surface area contributed by atoms with Crippen LogP contribution < -0.4 is 5.73 Å². The molecule has 0 fully saturated rings. The average molecular weight is 441 g/mol. The number of H-pyrrole nitrogens is 1. The minimum Gasteiger partial charge on any atom is -0.429 e. The SMILES string of the molecule is COCCCc1c[nH]c2ccc(C(C)C(CC(N)C3=CC(C(C)C)C(=O)O3)C(C)C)cc12. The highest BCUT2D eigenvalue weighted by Crippen LogP contribution is 2.37. The molecular weight excluding hydrogens is 400 g/mol. The number of rotatable bonds is 11. The Bertz CT molecular complexity index is 944. The number of nitrogens with two attached hydrogens (primary N) is 1. The molecule has 0 saturated carbocycles. The number of methoxy groups -OCH3 is 1. The van der Waals surface area contributed by atoms with Gasteiger partial charge >= 0.3 is 5.97 Å². The van der Waals surface area contributed by atoms with E-state index in [1.165, 1.54) is 22.0 Å². The highest BCUT2D eigenvalue weighted by atomic mass is 16.5. The van der Waals surface area contributed by atoms with Crippen molar-refractivity contribution < 1.29 is 14.3 Å². The fraction of sp³-hybridized carbons (Fsp3) is 0.593. The third-order valence-corrected chi connectivity index (χ3v) is 7.05. The molecule has 0 radical (unpaired) electrons. The Morgan fingerprint density at radius 2 is 1.94 bits per heavy atom. The summed E-state index contributed by atoms with van der Waals surface area (Å²) in [6.07, 6.45) is 6.86. The number of aromatic nitrogens is 1. The van der Waals surface area contributed by atoms with Crippen molar-refractivity contribution in [3.63, 3.8) is 0 Å². The minimum absolute atomic E-state index is 0.168. The second-order valence-corrected chi connectivity index (χ2v) is 10.0. The van der Waals surface area contributed by atoms with Crippen molar-refractivity contribution in [2.45, 2.75) is 65.8 Å². The molecule has 0 aliphatic carbocycles. The summed E-state index contributed by atoms with van der Waals surface area (Å²) in [6.45, 7) is 11.7. The summed E-state index contributed by atoms with van der Waals surface area (Å²) in [5, 5.41) is 1.30. The van der Waals surface area contributed by atoms with E-state index < -0.39 is 0 Å². The number of aryl methyl sites for hydroxylation is 1. The first kappa shape index (κ1) is 24.5. The van der Waals surface area contributed by atoms with Gasteiger partial charge in [-0.2, -0.15) is 0 Å². The van der Waals surface area contributed by atoms with E-state index in [-0.39, 0.29) is 23.8 Å². The van der Waals surface area contributed by atoms with Crippen molar-refractivity contribution in [1.29, 1.82) is 0 Å². The van der Waals surface area contributed by atoms with Crippen LogP contribution in [0.1, 0.15) is 64.5 Å². The van der Waals surface area contributed by atoms with E-state index in [0.29, 0.717) is 23.5 Å². The summed E-state index contributed by atoms with van der Waals surface area (Å²) in [5.41, 5.74) is 10.4. The van der Waals surface area contributed by atoms with Gasteiger partial charge < -0.3 is 20.2 Å². The number of carbonyl (C=O) groups excluding carboxylic acids is 1. The van der Waals surface area contributed by atoms with Crippen molar-refractivity contribution in [1.82, 2.24) is 4.98 Å². The van der Waals surface area contributed by atoms with Gasteiger partial charge in [0.15, 0.2) is 0 Å². The molecule has 2 aromatic rings. The Balaban J connectivity index is 1.78. The van der Waals surface area contributed by atoms with Gasteiger partial charge in [0.05, 0.1) is 12.0 Å². The molecule has 0 amide bonds. The smallest absolute Gasteiger partial charge is 0.318 e. The van der Waals surface area contributed by atoms with Gasteiger partial charge in [0, 0.05) is 30.8 Å². The van der Waals surface area contributed by atoms with Crippen molar-refractivity contribution in [2.75, 3.05) is 13.7 Å². The van der Waals surface area contributed by atoms with Crippen molar-refractivity contribution in [3.05, 3.63) is 47.4 Å². The van der Waals surface area contributed by atoms with Crippen LogP contribution in [0, 0.1) is 23.7 Å². The Hall–Kier alpha value is -2.11. The molecule has 0 bridgehead atoms. The zero-order valence-electron chi connectivity index (χ0n) is 20.5. The maximum atomic E-state index is 12.2. The molecule has 1 aromatic heterocycles. The summed E-state index contributed by atoms with van der Waals surface area (Å²) in [5.74, 6) is 1.68. The molecular formula is C27H40N2O3. The normalized spacial score (nSPS) is 19.5. The van der Waals surface area contributed by atoms with E-state index in [1.54, 1.807) is 7.11 Å². The number of nitrogens with one attached hydrogen (secondary N) is 1. The van der Waals surface area contributed by atoms with Crippen molar-refractivity contribution in [3.8, 4) is 0 Å². The predicted octanol–water partition coefficient (Wildman–Crippen LogP) is 5.55. The Kier molecular flexibility index (Phi) is 8.18. The van der Waals surface area contributed by atoms with Crippen molar-refractivity contribution >= 4 is 16.9 Å². The molecule has 1 aromatic carbocycles. The molecule has 5 heteroatoms. The summed E-state index contributed by atoms with van der Waals surface area (Å²) < 4.78 is 10.8. The molecule has 1 aliphatic rings. The van der Waals surface area contributed by atoms with Gasteiger partial charge in [-0.25, -0.2) is 0 Å². The molecule has 176 valence electrons. The second-order valence-electron chi connectivity index (χ2n) is 10.0.